The number of aliphatic carboxylic acids is 1. The summed E-state index contributed by atoms with van der Waals surface area (Å²) in [4.78, 5) is 23.2. The van der Waals surface area contributed by atoms with Crippen LogP contribution in [0.3, 0.4) is 0 Å². The topological polar surface area (TPSA) is 92.4 Å². The van der Waals surface area contributed by atoms with Gasteiger partial charge in [-0.2, -0.15) is 0 Å². The standard InChI is InChI=1S/C12H16N2O4/c1-8-9(6-14-18-8)10(15)13-7-12(11(16)17)4-2-3-5-12/h6H,2-5,7H2,1H3,(H,13,15)(H,16,17). The Kier molecular flexibility index (Phi) is 3.36. The molecule has 1 aliphatic rings. The van der Waals surface area contributed by atoms with Gasteiger partial charge in [0.05, 0.1) is 11.6 Å². The summed E-state index contributed by atoms with van der Waals surface area (Å²) in [5, 5.41) is 15.5. The van der Waals surface area contributed by atoms with Crippen LogP contribution in [-0.2, 0) is 4.79 Å². The molecule has 6 nitrogen and oxygen atoms in total. The molecular weight excluding hydrogens is 236 g/mol. The number of hydrogen-bond donors (Lipinski definition) is 2. The lowest BCUT2D eigenvalue weighted by molar-refractivity contribution is -0.148. The van der Waals surface area contributed by atoms with E-state index in [9.17, 15) is 14.7 Å². The van der Waals surface area contributed by atoms with Gasteiger partial charge in [-0.15, -0.1) is 0 Å². The van der Waals surface area contributed by atoms with Gasteiger partial charge in [0, 0.05) is 6.54 Å². The third-order valence-electron chi connectivity index (χ3n) is 3.60. The van der Waals surface area contributed by atoms with Crippen LogP contribution in [0.25, 0.3) is 0 Å². The molecule has 0 unspecified atom stereocenters. The molecule has 0 atom stereocenters. The van der Waals surface area contributed by atoms with Crippen LogP contribution in [0, 0.1) is 12.3 Å². The minimum atomic E-state index is -0.831. The Balaban J connectivity index is 2.01. The zero-order valence-corrected chi connectivity index (χ0v) is 10.2. The summed E-state index contributed by atoms with van der Waals surface area (Å²) < 4.78 is 4.80. The summed E-state index contributed by atoms with van der Waals surface area (Å²) in [7, 11) is 0. The van der Waals surface area contributed by atoms with Crippen LogP contribution in [-0.4, -0.2) is 28.7 Å². The zero-order valence-electron chi connectivity index (χ0n) is 10.2. The molecule has 0 radical (unpaired) electrons. The fourth-order valence-electron chi connectivity index (χ4n) is 2.38. The van der Waals surface area contributed by atoms with E-state index < -0.39 is 11.4 Å². The number of carbonyl (C=O) groups excluding carboxylic acids is 1. The third kappa shape index (κ3) is 2.23. The lowest BCUT2D eigenvalue weighted by atomic mass is 9.86. The van der Waals surface area contributed by atoms with Crippen molar-refractivity contribution in [2.75, 3.05) is 6.54 Å². The minimum absolute atomic E-state index is 0.159. The molecule has 6 heteroatoms. The first-order valence-corrected chi connectivity index (χ1v) is 5.98. The van der Waals surface area contributed by atoms with Gasteiger partial charge in [0.2, 0.25) is 0 Å². The van der Waals surface area contributed by atoms with E-state index in [-0.39, 0.29) is 12.5 Å². The van der Waals surface area contributed by atoms with E-state index in [1.165, 1.54) is 6.20 Å². The fourth-order valence-corrected chi connectivity index (χ4v) is 2.38. The average molecular weight is 252 g/mol. The highest BCUT2D eigenvalue weighted by Crippen LogP contribution is 2.37. The van der Waals surface area contributed by atoms with Gasteiger partial charge in [0.25, 0.3) is 5.91 Å². The monoisotopic (exact) mass is 252 g/mol. The second-order valence-electron chi connectivity index (χ2n) is 4.77. The first kappa shape index (κ1) is 12.6. The van der Waals surface area contributed by atoms with Gasteiger partial charge in [-0.3, -0.25) is 9.59 Å². The number of carboxylic acids is 1. The van der Waals surface area contributed by atoms with Gasteiger partial charge in [-0.05, 0) is 19.8 Å². The third-order valence-corrected chi connectivity index (χ3v) is 3.60. The number of carbonyl (C=O) groups is 2. The maximum absolute atomic E-state index is 11.8. The number of carboxylic acid groups (broad SMARTS) is 1. The minimum Gasteiger partial charge on any atom is -0.481 e. The second kappa shape index (κ2) is 4.80. The van der Waals surface area contributed by atoms with Crippen molar-refractivity contribution in [1.82, 2.24) is 10.5 Å². The normalized spacial score (nSPS) is 17.6. The molecule has 0 aliphatic heterocycles. The van der Waals surface area contributed by atoms with Crippen LogP contribution < -0.4 is 5.32 Å². The Bertz CT molecular complexity index is 460. The Morgan fingerprint density at radius 3 is 2.67 bits per heavy atom. The van der Waals surface area contributed by atoms with Crippen molar-refractivity contribution in [3.63, 3.8) is 0 Å². The maximum atomic E-state index is 11.8. The highest BCUT2D eigenvalue weighted by Gasteiger charge is 2.41. The van der Waals surface area contributed by atoms with E-state index in [1.807, 2.05) is 0 Å². The lowest BCUT2D eigenvalue weighted by Crippen LogP contribution is -2.41. The molecule has 1 aromatic rings. The van der Waals surface area contributed by atoms with Gasteiger partial charge >= 0.3 is 5.97 Å². The first-order valence-electron chi connectivity index (χ1n) is 5.98. The van der Waals surface area contributed by atoms with E-state index in [0.717, 1.165) is 12.8 Å². The van der Waals surface area contributed by atoms with Crippen LogP contribution in [0.5, 0.6) is 0 Å². The molecule has 18 heavy (non-hydrogen) atoms. The Hall–Kier alpha value is -1.85. The maximum Gasteiger partial charge on any atom is 0.311 e. The SMILES string of the molecule is Cc1oncc1C(=O)NCC1(C(=O)O)CCCC1. The summed E-state index contributed by atoms with van der Waals surface area (Å²) in [5.41, 5.74) is -0.450. The number of nitrogens with zero attached hydrogens (tertiary/aromatic N) is 1. The van der Waals surface area contributed by atoms with Crippen molar-refractivity contribution in [2.45, 2.75) is 32.6 Å². The number of aryl methyl sites for hydroxylation is 1. The van der Waals surface area contributed by atoms with Crippen LogP contribution >= 0.6 is 0 Å². The summed E-state index contributed by atoms with van der Waals surface area (Å²) in [6.45, 7) is 1.80. The molecule has 1 amide bonds. The van der Waals surface area contributed by atoms with Crippen LogP contribution in [0.15, 0.2) is 10.7 Å². The van der Waals surface area contributed by atoms with Crippen molar-refractivity contribution < 1.29 is 19.2 Å². The van der Waals surface area contributed by atoms with Crippen molar-refractivity contribution in [3.8, 4) is 0 Å². The quantitative estimate of drug-likeness (QED) is 0.844. The van der Waals surface area contributed by atoms with E-state index >= 15 is 0 Å². The molecule has 1 aliphatic carbocycles. The Labute approximate surface area is 104 Å². The number of nitrogens with one attached hydrogen (secondary N) is 1. The number of amides is 1. The molecule has 2 N–H and O–H groups in total. The molecule has 1 saturated carbocycles. The van der Waals surface area contributed by atoms with Gasteiger partial charge in [-0.25, -0.2) is 0 Å². The summed E-state index contributed by atoms with van der Waals surface area (Å²) in [6, 6.07) is 0. The summed E-state index contributed by atoms with van der Waals surface area (Å²) in [5.74, 6) is -0.730. The van der Waals surface area contributed by atoms with E-state index in [2.05, 4.69) is 10.5 Å². The fraction of sp³-hybridized carbons (Fsp3) is 0.583. The van der Waals surface area contributed by atoms with E-state index in [1.54, 1.807) is 6.92 Å². The average Bonchev–Trinajstić information content (AvgIpc) is 2.95. The van der Waals surface area contributed by atoms with Crippen molar-refractivity contribution in [1.29, 1.82) is 0 Å². The molecule has 0 saturated heterocycles. The molecule has 2 rings (SSSR count). The predicted octanol–water partition coefficient (Wildman–Crippen LogP) is 1.36. The van der Waals surface area contributed by atoms with Crippen LogP contribution in [0.1, 0.15) is 41.8 Å². The highest BCUT2D eigenvalue weighted by molar-refractivity contribution is 5.95. The number of aromatic nitrogens is 1. The Morgan fingerprint density at radius 2 is 2.17 bits per heavy atom. The van der Waals surface area contributed by atoms with Crippen molar-refractivity contribution in [3.05, 3.63) is 17.5 Å². The van der Waals surface area contributed by atoms with Crippen molar-refractivity contribution >= 4 is 11.9 Å². The smallest absolute Gasteiger partial charge is 0.311 e. The molecule has 98 valence electrons. The second-order valence-corrected chi connectivity index (χ2v) is 4.77. The zero-order chi connectivity index (χ0) is 13.2. The molecule has 1 aromatic heterocycles. The van der Waals surface area contributed by atoms with Gasteiger partial charge in [0.15, 0.2) is 0 Å². The molecule has 0 aromatic carbocycles. The van der Waals surface area contributed by atoms with Gasteiger partial charge in [-0.1, -0.05) is 18.0 Å². The summed E-state index contributed by atoms with van der Waals surface area (Å²) >= 11 is 0. The predicted molar refractivity (Wildman–Crippen MR) is 62.1 cm³/mol. The largest absolute Gasteiger partial charge is 0.481 e. The Morgan fingerprint density at radius 1 is 1.50 bits per heavy atom. The number of rotatable bonds is 4. The lowest BCUT2D eigenvalue weighted by Gasteiger charge is -2.23. The number of hydrogen-bond acceptors (Lipinski definition) is 4. The molecule has 1 fully saturated rings. The van der Waals surface area contributed by atoms with Crippen LogP contribution in [0.4, 0.5) is 0 Å². The van der Waals surface area contributed by atoms with E-state index in [0.29, 0.717) is 24.2 Å². The van der Waals surface area contributed by atoms with Gasteiger partial charge in [0.1, 0.15) is 11.3 Å². The molecule has 1 heterocycles. The van der Waals surface area contributed by atoms with Crippen LogP contribution in [0.2, 0.25) is 0 Å². The van der Waals surface area contributed by atoms with Gasteiger partial charge < -0.3 is 14.9 Å². The molecule has 0 bridgehead atoms. The summed E-state index contributed by atoms with van der Waals surface area (Å²) in [6.07, 6.45) is 4.37. The first-order chi connectivity index (χ1) is 8.55. The van der Waals surface area contributed by atoms with E-state index in [4.69, 9.17) is 4.52 Å². The van der Waals surface area contributed by atoms with Crippen molar-refractivity contribution in [2.24, 2.45) is 5.41 Å². The highest BCUT2D eigenvalue weighted by atomic mass is 16.5. The molecule has 0 spiro atoms. The molecular formula is C12H16N2O4.